The zero-order valence-corrected chi connectivity index (χ0v) is 24.6. The first-order valence-electron chi connectivity index (χ1n) is 14.1. The molecule has 44 heavy (non-hydrogen) atoms. The smallest absolute Gasteiger partial charge is 0.323 e. The lowest BCUT2D eigenvalue weighted by Gasteiger charge is -2.39. The van der Waals surface area contributed by atoms with Crippen molar-refractivity contribution in [3.8, 4) is 17.1 Å². The minimum absolute atomic E-state index is 0.0350. The Labute approximate surface area is 255 Å². The molecule has 2 N–H and O–H groups in total. The van der Waals surface area contributed by atoms with Crippen LogP contribution in [-0.2, 0) is 22.8 Å². The number of nitrogens with zero attached hydrogens (tertiary/aromatic N) is 7. The van der Waals surface area contributed by atoms with Gasteiger partial charge in [-0.3, -0.25) is 24.6 Å². The van der Waals surface area contributed by atoms with E-state index in [1.165, 1.54) is 0 Å². The summed E-state index contributed by atoms with van der Waals surface area (Å²) in [6.45, 7) is 2.05. The summed E-state index contributed by atoms with van der Waals surface area (Å²) in [6.07, 6.45) is 1.40. The number of hydrogen-bond donors (Lipinski definition) is 2. The summed E-state index contributed by atoms with van der Waals surface area (Å²) in [5.74, 6) is -0.514. The third kappa shape index (κ3) is 5.78. The summed E-state index contributed by atoms with van der Waals surface area (Å²) in [4.78, 5) is 33.0. The molecule has 1 fully saturated rings. The third-order valence-corrected chi connectivity index (χ3v) is 8.38. The van der Waals surface area contributed by atoms with Crippen molar-refractivity contribution in [1.82, 2.24) is 40.0 Å². The van der Waals surface area contributed by atoms with Crippen LogP contribution < -0.4 is 10.6 Å². The molecule has 6 rings (SSSR count). The van der Waals surface area contributed by atoms with Crippen LogP contribution in [0.5, 0.6) is 0 Å². The van der Waals surface area contributed by atoms with Crippen LogP contribution in [0.15, 0.2) is 48.9 Å². The highest BCUT2D eigenvalue weighted by Gasteiger charge is 2.36. The van der Waals surface area contributed by atoms with Crippen LogP contribution >= 0.6 is 11.6 Å². The van der Waals surface area contributed by atoms with Crippen molar-refractivity contribution in [2.45, 2.75) is 50.9 Å². The van der Waals surface area contributed by atoms with Gasteiger partial charge in [0.15, 0.2) is 5.69 Å². The second-order valence-electron chi connectivity index (χ2n) is 11.1. The summed E-state index contributed by atoms with van der Waals surface area (Å²) in [7, 11) is 1.78. The average Bonchev–Trinajstić information content (AvgIpc) is 3.62. The molecule has 230 valence electrons. The van der Waals surface area contributed by atoms with E-state index in [1.54, 1.807) is 47.2 Å². The first-order chi connectivity index (χ1) is 21.0. The number of carbonyl (C=O) groups excluding carboxylic acids is 2. The molecule has 1 unspecified atom stereocenters. The Kier molecular flexibility index (Phi) is 7.88. The van der Waals surface area contributed by atoms with Crippen LogP contribution in [-0.4, -0.2) is 53.1 Å². The number of hydrogen-bond acceptors (Lipinski definition) is 7. The van der Waals surface area contributed by atoms with Gasteiger partial charge in [0.25, 0.3) is 0 Å². The highest BCUT2D eigenvalue weighted by Crippen LogP contribution is 2.37. The summed E-state index contributed by atoms with van der Waals surface area (Å²) in [5.41, 5.74) is 2.46. The first kappa shape index (κ1) is 29.8. The predicted molar refractivity (Wildman–Crippen MR) is 154 cm³/mol. The number of benzene rings is 1. The number of nitrogens with one attached hydrogen (secondary N) is 2. The lowest BCUT2D eigenvalue weighted by Crippen LogP contribution is -2.49. The second-order valence-corrected chi connectivity index (χ2v) is 11.5. The van der Waals surface area contributed by atoms with E-state index in [2.05, 4.69) is 31.0 Å². The molecule has 2 bridgehead atoms. The van der Waals surface area contributed by atoms with Gasteiger partial charge in [-0.1, -0.05) is 30.2 Å². The molecule has 4 aromatic rings. The number of amides is 2. The van der Waals surface area contributed by atoms with Crippen molar-refractivity contribution in [2.75, 3.05) is 12.0 Å². The zero-order chi connectivity index (χ0) is 31.2. The lowest BCUT2D eigenvalue weighted by atomic mass is 9.93. The summed E-state index contributed by atoms with van der Waals surface area (Å²) in [5, 5.41) is 18.0. The Morgan fingerprint density at radius 1 is 1.11 bits per heavy atom. The standard InChI is InChI=1S/C29H29ClF3N9O2/c1-16-4-3-5-23(17-8-9-34-21(10-17)27-22(37-28(16)44)13-36-40(27)2)41-15-35-20(12-26(41)43)19-11-18(30)6-7-24(19)42-14-25(38-39-42)29(31,32)33/h6-11,13-14,16,20,23,35H,3-5,12,15H2,1-2H3,(H,37,44)/t16-,20?,23+/m1/s1. The van der Waals surface area contributed by atoms with Crippen LogP contribution in [0.4, 0.5) is 18.9 Å². The average molecular weight is 628 g/mol. The Balaban J connectivity index is 1.30. The molecular formula is C29H29ClF3N9O2. The van der Waals surface area contributed by atoms with E-state index in [-0.39, 0.29) is 36.9 Å². The summed E-state index contributed by atoms with van der Waals surface area (Å²) < 4.78 is 42.4. The number of fused-ring (bicyclic) bond motifs is 4. The predicted octanol–water partition coefficient (Wildman–Crippen LogP) is 5.06. The maximum atomic E-state index is 13.8. The Morgan fingerprint density at radius 3 is 2.68 bits per heavy atom. The van der Waals surface area contributed by atoms with Gasteiger partial charge in [-0.25, -0.2) is 4.68 Å². The molecule has 3 atom stereocenters. The first-order valence-corrected chi connectivity index (χ1v) is 14.5. The fourth-order valence-corrected chi connectivity index (χ4v) is 5.99. The van der Waals surface area contributed by atoms with E-state index < -0.39 is 17.9 Å². The van der Waals surface area contributed by atoms with E-state index in [9.17, 15) is 22.8 Å². The fraction of sp³-hybridized carbons (Fsp3) is 0.379. The molecule has 2 amide bonds. The molecule has 11 nitrogen and oxygen atoms in total. The number of aryl methyl sites for hydroxylation is 1. The quantitative estimate of drug-likeness (QED) is 0.326. The largest absolute Gasteiger partial charge is 0.436 e. The molecule has 3 aromatic heterocycles. The van der Waals surface area contributed by atoms with Gasteiger partial charge in [0.05, 0.1) is 42.2 Å². The highest BCUT2D eigenvalue weighted by atomic mass is 35.5. The second kappa shape index (κ2) is 11.7. The Morgan fingerprint density at radius 2 is 1.93 bits per heavy atom. The molecular weight excluding hydrogens is 599 g/mol. The van der Waals surface area contributed by atoms with Gasteiger partial charge >= 0.3 is 6.18 Å². The minimum Gasteiger partial charge on any atom is -0.323 e. The van der Waals surface area contributed by atoms with Crippen molar-refractivity contribution >= 4 is 29.1 Å². The van der Waals surface area contributed by atoms with Gasteiger partial charge in [0.2, 0.25) is 11.8 Å². The molecule has 1 saturated heterocycles. The number of carbonyl (C=O) groups is 2. The van der Waals surface area contributed by atoms with Gasteiger partial charge in [0, 0.05) is 36.6 Å². The molecule has 2 aliphatic heterocycles. The van der Waals surface area contributed by atoms with Gasteiger partial charge < -0.3 is 10.2 Å². The molecule has 0 spiro atoms. The van der Waals surface area contributed by atoms with Gasteiger partial charge in [-0.2, -0.15) is 18.3 Å². The molecule has 1 aromatic carbocycles. The van der Waals surface area contributed by atoms with Crippen molar-refractivity contribution in [2.24, 2.45) is 13.0 Å². The topological polar surface area (TPSA) is 123 Å². The third-order valence-electron chi connectivity index (χ3n) is 8.15. The minimum atomic E-state index is -4.65. The summed E-state index contributed by atoms with van der Waals surface area (Å²) in [6, 6.07) is 7.68. The molecule has 5 heterocycles. The SMILES string of the molecule is C[C@@H]1CCC[C@H](N2CNC(c3cc(Cl)ccc3-n3cc(C(F)(F)F)nn3)CC2=O)c2ccnc(c2)-c2c(cnn2C)NC1=O. The Bertz CT molecular complexity index is 1720. The van der Waals surface area contributed by atoms with Crippen LogP contribution in [0.3, 0.4) is 0 Å². The van der Waals surface area contributed by atoms with Gasteiger partial charge in [0.1, 0.15) is 5.69 Å². The lowest BCUT2D eigenvalue weighted by molar-refractivity contribution is -0.141. The van der Waals surface area contributed by atoms with Crippen LogP contribution in [0, 0.1) is 5.92 Å². The van der Waals surface area contributed by atoms with Crippen LogP contribution in [0.25, 0.3) is 17.1 Å². The van der Waals surface area contributed by atoms with E-state index in [1.807, 2.05) is 19.1 Å². The summed E-state index contributed by atoms with van der Waals surface area (Å²) >= 11 is 6.28. The molecule has 0 aliphatic carbocycles. The van der Waals surface area contributed by atoms with Crippen molar-refractivity contribution in [3.63, 3.8) is 0 Å². The number of anilines is 1. The molecule has 0 radical (unpaired) electrons. The van der Waals surface area contributed by atoms with Crippen LogP contribution in [0.1, 0.15) is 61.5 Å². The number of halogens is 4. The molecule has 0 saturated carbocycles. The maximum absolute atomic E-state index is 13.8. The number of aromatic nitrogens is 6. The van der Waals surface area contributed by atoms with E-state index in [4.69, 9.17) is 11.6 Å². The number of rotatable bonds is 3. The van der Waals surface area contributed by atoms with Crippen molar-refractivity contribution in [1.29, 1.82) is 0 Å². The fourth-order valence-electron chi connectivity index (χ4n) is 5.81. The van der Waals surface area contributed by atoms with Crippen molar-refractivity contribution < 1.29 is 22.8 Å². The normalized spacial score (nSPS) is 21.3. The van der Waals surface area contributed by atoms with Crippen LogP contribution in [0.2, 0.25) is 5.02 Å². The van der Waals surface area contributed by atoms with Crippen molar-refractivity contribution in [3.05, 3.63) is 70.8 Å². The molecule has 2 aliphatic rings. The molecule has 15 heteroatoms. The highest BCUT2D eigenvalue weighted by molar-refractivity contribution is 6.30. The Hall–Kier alpha value is -4.30. The zero-order valence-electron chi connectivity index (χ0n) is 23.8. The van der Waals surface area contributed by atoms with Gasteiger partial charge in [-0.15, -0.1) is 5.10 Å². The monoisotopic (exact) mass is 627 g/mol. The van der Waals surface area contributed by atoms with E-state index in [0.717, 1.165) is 16.4 Å². The van der Waals surface area contributed by atoms with E-state index >= 15 is 0 Å². The number of pyridine rings is 1. The number of alkyl halides is 3. The van der Waals surface area contributed by atoms with Gasteiger partial charge in [-0.05, 0) is 54.3 Å². The van der Waals surface area contributed by atoms with E-state index in [0.29, 0.717) is 52.6 Å². The maximum Gasteiger partial charge on any atom is 0.436 e.